The minimum Gasteiger partial charge on any atom is -0.354 e. The van der Waals surface area contributed by atoms with Crippen LogP contribution >= 0.6 is 0 Å². The number of pyridine rings is 1. The van der Waals surface area contributed by atoms with E-state index in [0.29, 0.717) is 24.6 Å². The maximum Gasteiger partial charge on any atom is 0.267 e. The van der Waals surface area contributed by atoms with Crippen molar-refractivity contribution in [2.45, 2.75) is 13.1 Å². The molecule has 34 heavy (non-hydrogen) atoms. The number of aromatic nitrogens is 2. The van der Waals surface area contributed by atoms with E-state index < -0.39 is 5.91 Å². The number of carbonyl (C=O) groups excluding carboxylic acids is 1. The van der Waals surface area contributed by atoms with E-state index in [2.05, 4.69) is 5.32 Å². The van der Waals surface area contributed by atoms with Crippen molar-refractivity contribution < 1.29 is 4.79 Å². The number of likely N-dealkylation sites (N-methyl/N-ethyl adjacent to an activating group) is 1. The number of rotatable bonds is 7. The molecule has 4 rings (SSSR count). The van der Waals surface area contributed by atoms with Crippen molar-refractivity contribution >= 4 is 23.4 Å². The molecule has 0 bridgehead atoms. The molecule has 0 unspecified atom stereocenters. The normalized spacial score (nSPS) is 11.1. The monoisotopic (exact) mass is 449 g/mol. The summed E-state index contributed by atoms with van der Waals surface area (Å²) >= 11 is 0. The number of hydrogen-bond donors (Lipinski definition) is 1. The van der Waals surface area contributed by atoms with Crippen molar-refractivity contribution in [3.05, 3.63) is 118 Å². The van der Waals surface area contributed by atoms with E-state index in [4.69, 9.17) is 4.98 Å². The van der Waals surface area contributed by atoms with Gasteiger partial charge in [-0.25, -0.2) is 4.98 Å². The van der Waals surface area contributed by atoms with E-state index >= 15 is 0 Å². The molecule has 7 nitrogen and oxygen atoms in total. The summed E-state index contributed by atoms with van der Waals surface area (Å²) < 4.78 is 1.41. The van der Waals surface area contributed by atoms with Crippen LogP contribution in [-0.4, -0.2) is 22.3 Å². The molecule has 7 heteroatoms. The lowest BCUT2D eigenvalue weighted by Crippen LogP contribution is -2.29. The smallest absolute Gasteiger partial charge is 0.267 e. The van der Waals surface area contributed by atoms with Crippen LogP contribution in [-0.2, 0) is 17.9 Å². The largest absolute Gasteiger partial charge is 0.354 e. The predicted octanol–water partition coefficient (Wildman–Crippen LogP) is 3.55. The maximum absolute atomic E-state index is 13.5. The lowest BCUT2D eigenvalue weighted by molar-refractivity contribution is -0.116. The molecule has 0 radical (unpaired) electrons. The molecule has 1 N–H and O–H groups in total. The van der Waals surface area contributed by atoms with E-state index in [1.165, 1.54) is 17.5 Å². The molecule has 168 valence electrons. The Morgan fingerprint density at radius 2 is 1.59 bits per heavy atom. The van der Waals surface area contributed by atoms with Gasteiger partial charge in [0, 0.05) is 26.3 Å². The first kappa shape index (κ1) is 22.5. The predicted molar refractivity (Wildman–Crippen MR) is 132 cm³/mol. The highest BCUT2D eigenvalue weighted by Crippen LogP contribution is 2.23. The van der Waals surface area contributed by atoms with Gasteiger partial charge in [0.25, 0.3) is 11.5 Å². The molecule has 4 aromatic rings. The third-order valence-corrected chi connectivity index (χ3v) is 5.36. The zero-order valence-corrected chi connectivity index (χ0v) is 18.7. The Morgan fingerprint density at radius 3 is 2.15 bits per heavy atom. The summed E-state index contributed by atoms with van der Waals surface area (Å²) in [6.45, 7) is 0.960. The van der Waals surface area contributed by atoms with Crippen LogP contribution in [0.2, 0.25) is 0 Å². The molecule has 1 amide bonds. The van der Waals surface area contributed by atoms with Gasteiger partial charge in [0.15, 0.2) is 0 Å². The molecular formula is C27H23N5O2. The molecule has 2 aromatic carbocycles. The molecule has 2 heterocycles. The van der Waals surface area contributed by atoms with Gasteiger partial charge < -0.3 is 10.2 Å². The molecule has 0 fully saturated rings. The summed E-state index contributed by atoms with van der Waals surface area (Å²) in [5.74, 6) is -0.163. The van der Waals surface area contributed by atoms with Crippen LogP contribution in [0.15, 0.2) is 95.4 Å². The molecule has 0 aliphatic carbocycles. The Balaban J connectivity index is 1.95. The first-order valence-corrected chi connectivity index (χ1v) is 10.8. The van der Waals surface area contributed by atoms with Crippen LogP contribution < -0.4 is 15.8 Å². The number of hydrogen-bond acceptors (Lipinski definition) is 5. The van der Waals surface area contributed by atoms with Crippen molar-refractivity contribution in [3.8, 4) is 6.07 Å². The molecule has 0 saturated heterocycles. The second-order valence-electron chi connectivity index (χ2n) is 7.66. The summed E-state index contributed by atoms with van der Waals surface area (Å²) in [7, 11) is 1.44. The fourth-order valence-electron chi connectivity index (χ4n) is 3.70. The fourth-order valence-corrected chi connectivity index (χ4v) is 3.70. The second-order valence-corrected chi connectivity index (χ2v) is 7.66. The number of nitrogens with one attached hydrogen (secondary N) is 1. The molecule has 0 aliphatic heterocycles. The van der Waals surface area contributed by atoms with Crippen molar-refractivity contribution in [1.29, 1.82) is 5.26 Å². The number of fused-ring (bicyclic) bond motifs is 1. The topological polar surface area (TPSA) is 90.5 Å². The number of nitriles is 1. The minimum atomic E-state index is -0.566. The summed E-state index contributed by atoms with van der Waals surface area (Å²) in [6, 6.07) is 26.9. The third-order valence-electron chi connectivity index (χ3n) is 5.36. The van der Waals surface area contributed by atoms with Crippen molar-refractivity contribution in [2.75, 3.05) is 11.9 Å². The molecule has 0 atom stereocenters. The number of benzene rings is 2. The van der Waals surface area contributed by atoms with E-state index in [0.717, 1.165) is 11.1 Å². The highest BCUT2D eigenvalue weighted by Gasteiger charge is 2.20. The molecule has 0 spiro atoms. The van der Waals surface area contributed by atoms with Gasteiger partial charge in [0.1, 0.15) is 23.1 Å². The Morgan fingerprint density at radius 1 is 1.00 bits per heavy atom. The van der Waals surface area contributed by atoms with Crippen LogP contribution in [0.5, 0.6) is 0 Å². The lowest BCUT2D eigenvalue weighted by Gasteiger charge is -2.26. The van der Waals surface area contributed by atoms with Crippen molar-refractivity contribution in [2.24, 2.45) is 0 Å². The summed E-state index contributed by atoms with van der Waals surface area (Å²) in [5, 5.41) is 12.0. The SMILES string of the molecule is CNC(=O)C(C#N)=Cc1c(N(Cc2ccccc2)Cc2ccccc2)nc2ccccn2c1=O. The van der Waals surface area contributed by atoms with Crippen LogP contribution in [0.1, 0.15) is 16.7 Å². The molecule has 0 aliphatic rings. The first-order chi connectivity index (χ1) is 16.6. The van der Waals surface area contributed by atoms with Crippen LogP contribution in [0, 0.1) is 11.3 Å². The number of amides is 1. The maximum atomic E-state index is 13.5. The summed E-state index contributed by atoms with van der Waals surface area (Å²) in [5.41, 5.74) is 2.20. The first-order valence-electron chi connectivity index (χ1n) is 10.8. The Bertz CT molecular complexity index is 1400. The zero-order chi connectivity index (χ0) is 23.9. The third kappa shape index (κ3) is 4.87. The zero-order valence-electron chi connectivity index (χ0n) is 18.7. The summed E-state index contributed by atoms with van der Waals surface area (Å²) in [4.78, 5) is 32.6. The second kappa shape index (κ2) is 10.3. The average Bonchev–Trinajstić information content (AvgIpc) is 2.88. The van der Waals surface area contributed by atoms with Gasteiger partial charge in [-0.1, -0.05) is 66.7 Å². The van der Waals surface area contributed by atoms with Gasteiger partial charge in [-0.3, -0.25) is 14.0 Å². The van der Waals surface area contributed by atoms with Crippen molar-refractivity contribution in [3.63, 3.8) is 0 Å². The standard InChI is InChI=1S/C27H23N5O2/c1-29-26(33)22(17-28)16-23-25(30-24-14-8-9-15-32(24)27(23)34)31(18-20-10-4-2-5-11-20)19-21-12-6-3-7-13-21/h2-16H,18-19H2,1H3,(H,29,33). The van der Waals surface area contributed by atoms with Gasteiger partial charge in [0.2, 0.25) is 0 Å². The highest BCUT2D eigenvalue weighted by molar-refractivity contribution is 6.02. The number of carbonyl (C=O) groups is 1. The van der Waals surface area contributed by atoms with Gasteiger partial charge in [-0.15, -0.1) is 0 Å². The van der Waals surface area contributed by atoms with Crippen LogP contribution in [0.4, 0.5) is 5.82 Å². The Hall–Kier alpha value is -4.70. The Labute approximate surface area is 197 Å². The minimum absolute atomic E-state index is 0.169. The highest BCUT2D eigenvalue weighted by atomic mass is 16.1. The molecule has 2 aromatic heterocycles. The van der Waals surface area contributed by atoms with E-state index in [1.807, 2.05) is 77.7 Å². The van der Waals surface area contributed by atoms with Gasteiger partial charge >= 0.3 is 0 Å². The van der Waals surface area contributed by atoms with Crippen LogP contribution in [0.3, 0.4) is 0 Å². The number of nitrogens with zero attached hydrogens (tertiary/aromatic N) is 4. The van der Waals surface area contributed by atoms with Crippen LogP contribution in [0.25, 0.3) is 11.7 Å². The summed E-state index contributed by atoms with van der Waals surface area (Å²) in [6.07, 6.45) is 2.95. The van der Waals surface area contributed by atoms with E-state index in [1.54, 1.807) is 18.3 Å². The number of anilines is 1. The van der Waals surface area contributed by atoms with E-state index in [9.17, 15) is 14.9 Å². The lowest BCUT2D eigenvalue weighted by atomic mass is 10.1. The van der Waals surface area contributed by atoms with Crippen molar-refractivity contribution in [1.82, 2.24) is 14.7 Å². The average molecular weight is 450 g/mol. The Kier molecular flexibility index (Phi) is 6.80. The van der Waals surface area contributed by atoms with Gasteiger partial charge in [0.05, 0.1) is 5.56 Å². The van der Waals surface area contributed by atoms with E-state index in [-0.39, 0.29) is 16.7 Å². The fraction of sp³-hybridized carbons (Fsp3) is 0.111. The molecular weight excluding hydrogens is 426 g/mol. The van der Waals surface area contributed by atoms with Gasteiger partial charge in [-0.2, -0.15) is 5.26 Å². The quantitative estimate of drug-likeness (QED) is 0.344. The molecule has 0 saturated carbocycles. The van der Waals surface area contributed by atoms with Gasteiger partial charge in [-0.05, 0) is 29.3 Å².